The van der Waals surface area contributed by atoms with E-state index in [2.05, 4.69) is 5.32 Å². The number of carbonyl (C=O) groups is 1. The largest absolute Gasteiger partial charge is 0.493 e. The van der Waals surface area contributed by atoms with Gasteiger partial charge in [-0.1, -0.05) is 13.8 Å². The van der Waals surface area contributed by atoms with E-state index in [1.165, 1.54) is 32.4 Å². The molecule has 0 saturated heterocycles. The van der Waals surface area contributed by atoms with E-state index in [9.17, 15) is 13.2 Å². The van der Waals surface area contributed by atoms with E-state index in [0.717, 1.165) is 6.42 Å². The van der Waals surface area contributed by atoms with Crippen molar-refractivity contribution in [1.82, 2.24) is 5.32 Å². The number of ether oxygens (including phenoxy) is 2. The Morgan fingerprint density at radius 3 is 2.31 bits per heavy atom. The standard InChI is InChI=1S/C17H28N2O5S.ClH/c1-12(2)9-13(11-18)19-17(20)7-8-25(21,22)14-5-6-15(23-3)16(10-14)24-4;/h5-6,10,12-13H,7-9,11,18H2,1-4H3,(H,19,20);1H. The Morgan fingerprint density at radius 1 is 1.19 bits per heavy atom. The predicted octanol–water partition coefficient (Wildman–Crippen LogP) is 1.78. The summed E-state index contributed by atoms with van der Waals surface area (Å²) in [5, 5.41) is 2.79. The molecular weight excluding hydrogens is 380 g/mol. The zero-order valence-corrected chi connectivity index (χ0v) is 17.3. The van der Waals surface area contributed by atoms with Crippen LogP contribution >= 0.6 is 12.4 Å². The summed E-state index contributed by atoms with van der Waals surface area (Å²) in [5.41, 5.74) is 5.64. The minimum Gasteiger partial charge on any atom is -0.493 e. The summed E-state index contributed by atoms with van der Waals surface area (Å²) in [5.74, 6) is 0.559. The van der Waals surface area contributed by atoms with Gasteiger partial charge in [0.15, 0.2) is 21.3 Å². The highest BCUT2D eigenvalue weighted by molar-refractivity contribution is 7.91. The van der Waals surface area contributed by atoms with Crippen LogP contribution in [-0.4, -0.2) is 46.9 Å². The van der Waals surface area contributed by atoms with E-state index in [4.69, 9.17) is 15.2 Å². The Hall–Kier alpha value is -1.51. The van der Waals surface area contributed by atoms with Crippen molar-refractivity contribution in [3.05, 3.63) is 18.2 Å². The number of carbonyl (C=O) groups excluding carboxylic acids is 1. The van der Waals surface area contributed by atoms with Crippen molar-refractivity contribution < 1.29 is 22.7 Å². The molecule has 1 amide bonds. The van der Waals surface area contributed by atoms with Crippen molar-refractivity contribution in [1.29, 1.82) is 0 Å². The van der Waals surface area contributed by atoms with E-state index in [0.29, 0.717) is 24.0 Å². The summed E-state index contributed by atoms with van der Waals surface area (Å²) in [7, 11) is -0.699. The summed E-state index contributed by atoms with van der Waals surface area (Å²) in [6.07, 6.45) is 0.635. The molecule has 0 aliphatic carbocycles. The normalized spacial score (nSPS) is 12.2. The number of nitrogens with two attached hydrogens (primary N) is 1. The van der Waals surface area contributed by atoms with Gasteiger partial charge in [-0.05, 0) is 24.5 Å². The van der Waals surface area contributed by atoms with Gasteiger partial charge in [0.25, 0.3) is 0 Å². The Labute approximate surface area is 162 Å². The fraction of sp³-hybridized carbons (Fsp3) is 0.588. The van der Waals surface area contributed by atoms with Crippen molar-refractivity contribution >= 4 is 28.2 Å². The third-order valence-electron chi connectivity index (χ3n) is 3.72. The maximum atomic E-state index is 12.4. The Kier molecular flexibility index (Phi) is 10.6. The minimum absolute atomic E-state index is 0. The molecular formula is C17H29ClN2O5S. The molecule has 1 rings (SSSR count). The summed E-state index contributed by atoms with van der Waals surface area (Å²) in [6.45, 7) is 4.40. The molecule has 0 bridgehead atoms. The molecule has 1 unspecified atom stereocenters. The van der Waals surface area contributed by atoms with Crippen LogP contribution in [0.25, 0.3) is 0 Å². The van der Waals surface area contributed by atoms with Crippen LogP contribution in [0.3, 0.4) is 0 Å². The SMILES string of the molecule is COc1ccc(S(=O)(=O)CCC(=O)NC(CN)CC(C)C)cc1OC.Cl. The molecule has 0 aromatic heterocycles. The third-order valence-corrected chi connectivity index (χ3v) is 5.43. The molecule has 0 spiro atoms. The Balaban J connectivity index is 0.00000625. The van der Waals surface area contributed by atoms with Crippen LogP contribution in [0.15, 0.2) is 23.1 Å². The van der Waals surface area contributed by atoms with Crippen molar-refractivity contribution in [2.45, 2.75) is 37.6 Å². The number of benzene rings is 1. The molecule has 0 aliphatic rings. The molecule has 0 heterocycles. The highest BCUT2D eigenvalue weighted by Gasteiger charge is 2.20. The average molecular weight is 409 g/mol. The van der Waals surface area contributed by atoms with Crippen LogP contribution in [0, 0.1) is 5.92 Å². The Bertz CT molecular complexity index is 680. The lowest BCUT2D eigenvalue weighted by atomic mass is 10.0. The van der Waals surface area contributed by atoms with Crippen LogP contribution in [-0.2, 0) is 14.6 Å². The first kappa shape index (κ1) is 24.5. The fourth-order valence-electron chi connectivity index (χ4n) is 2.44. The molecule has 150 valence electrons. The van der Waals surface area contributed by atoms with Crippen molar-refractivity contribution in [3.8, 4) is 11.5 Å². The van der Waals surface area contributed by atoms with Crippen LogP contribution in [0.2, 0.25) is 0 Å². The summed E-state index contributed by atoms with van der Waals surface area (Å²) in [4.78, 5) is 12.1. The molecule has 0 aliphatic heterocycles. The number of hydrogen-bond acceptors (Lipinski definition) is 6. The third kappa shape index (κ3) is 7.39. The second-order valence-electron chi connectivity index (χ2n) is 6.22. The quantitative estimate of drug-likeness (QED) is 0.611. The molecule has 1 aromatic rings. The summed E-state index contributed by atoms with van der Waals surface area (Å²) < 4.78 is 35.1. The van der Waals surface area contributed by atoms with E-state index >= 15 is 0 Å². The predicted molar refractivity (Wildman–Crippen MR) is 104 cm³/mol. The second-order valence-corrected chi connectivity index (χ2v) is 8.32. The number of sulfone groups is 1. The monoisotopic (exact) mass is 408 g/mol. The van der Waals surface area contributed by atoms with Gasteiger partial charge < -0.3 is 20.5 Å². The van der Waals surface area contributed by atoms with Crippen LogP contribution < -0.4 is 20.5 Å². The van der Waals surface area contributed by atoms with Gasteiger partial charge in [-0.15, -0.1) is 12.4 Å². The number of nitrogens with one attached hydrogen (secondary N) is 1. The van der Waals surface area contributed by atoms with Crippen LogP contribution in [0.4, 0.5) is 0 Å². The molecule has 26 heavy (non-hydrogen) atoms. The summed E-state index contributed by atoms with van der Waals surface area (Å²) in [6, 6.07) is 4.22. The van der Waals surface area contributed by atoms with Crippen molar-refractivity contribution in [2.75, 3.05) is 26.5 Å². The number of rotatable bonds is 10. The van der Waals surface area contributed by atoms with Crippen molar-refractivity contribution in [3.63, 3.8) is 0 Å². The van der Waals surface area contributed by atoms with Gasteiger partial charge in [0.1, 0.15) is 0 Å². The molecule has 0 saturated carbocycles. The van der Waals surface area contributed by atoms with Gasteiger partial charge in [-0.3, -0.25) is 4.79 Å². The zero-order chi connectivity index (χ0) is 19.0. The summed E-state index contributed by atoms with van der Waals surface area (Å²) >= 11 is 0. The molecule has 1 aromatic carbocycles. The van der Waals surface area contributed by atoms with Gasteiger partial charge in [0, 0.05) is 25.1 Å². The number of halogens is 1. The van der Waals surface area contributed by atoms with Crippen LogP contribution in [0.1, 0.15) is 26.7 Å². The molecule has 1 atom stereocenters. The fourth-order valence-corrected chi connectivity index (χ4v) is 3.69. The average Bonchev–Trinajstić information content (AvgIpc) is 2.58. The molecule has 3 N–H and O–H groups in total. The lowest BCUT2D eigenvalue weighted by molar-refractivity contribution is -0.121. The lowest BCUT2D eigenvalue weighted by Gasteiger charge is -2.18. The Morgan fingerprint density at radius 2 is 1.81 bits per heavy atom. The van der Waals surface area contributed by atoms with E-state index in [1.807, 2.05) is 13.8 Å². The van der Waals surface area contributed by atoms with Gasteiger partial charge in [-0.25, -0.2) is 8.42 Å². The highest BCUT2D eigenvalue weighted by Crippen LogP contribution is 2.29. The smallest absolute Gasteiger partial charge is 0.221 e. The lowest BCUT2D eigenvalue weighted by Crippen LogP contribution is -2.41. The molecule has 0 radical (unpaired) electrons. The van der Waals surface area contributed by atoms with Gasteiger partial charge in [0.2, 0.25) is 5.91 Å². The minimum atomic E-state index is -3.61. The molecule has 0 fully saturated rings. The van der Waals surface area contributed by atoms with E-state index in [1.54, 1.807) is 0 Å². The topological polar surface area (TPSA) is 108 Å². The second kappa shape index (κ2) is 11.3. The first-order chi connectivity index (χ1) is 11.7. The van der Waals surface area contributed by atoms with E-state index < -0.39 is 9.84 Å². The maximum absolute atomic E-state index is 12.4. The molecule has 7 nitrogen and oxygen atoms in total. The number of hydrogen-bond donors (Lipinski definition) is 2. The first-order valence-electron chi connectivity index (χ1n) is 8.17. The first-order valence-corrected chi connectivity index (χ1v) is 9.83. The number of amides is 1. The maximum Gasteiger partial charge on any atom is 0.221 e. The number of methoxy groups -OCH3 is 2. The van der Waals surface area contributed by atoms with Gasteiger partial charge >= 0.3 is 0 Å². The van der Waals surface area contributed by atoms with Crippen molar-refractivity contribution in [2.24, 2.45) is 11.7 Å². The highest BCUT2D eigenvalue weighted by atomic mass is 35.5. The van der Waals surface area contributed by atoms with Crippen LogP contribution in [0.5, 0.6) is 11.5 Å². The van der Waals surface area contributed by atoms with Gasteiger partial charge in [0.05, 0.1) is 24.9 Å². The van der Waals surface area contributed by atoms with Gasteiger partial charge in [-0.2, -0.15) is 0 Å². The van der Waals surface area contributed by atoms with E-state index in [-0.39, 0.29) is 41.4 Å². The zero-order valence-electron chi connectivity index (χ0n) is 15.7. The molecule has 9 heteroatoms.